The lowest BCUT2D eigenvalue weighted by atomic mass is 10.3. The molecule has 74 valence electrons. The Morgan fingerprint density at radius 3 is 2.15 bits per heavy atom. The third-order valence-electron chi connectivity index (χ3n) is 2.09. The van der Waals surface area contributed by atoms with Crippen LogP contribution in [0.2, 0.25) is 0 Å². The second-order valence-corrected chi connectivity index (χ2v) is 3.11. The molecule has 0 unspecified atom stereocenters. The first-order valence-electron chi connectivity index (χ1n) is 4.19. The Balaban J connectivity index is 2.30. The van der Waals surface area contributed by atoms with Gasteiger partial charge in [-0.1, -0.05) is 0 Å². The first-order valence-corrected chi connectivity index (χ1v) is 4.19. The molecule has 0 atom stereocenters. The molecule has 1 fully saturated rings. The SMILES string of the molecule is N=C(N)N1CCN(CC(N)=O)CC1. The molecule has 1 aliphatic rings. The molecule has 1 saturated heterocycles. The van der Waals surface area contributed by atoms with E-state index in [4.69, 9.17) is 16.9 Å². The van der Waals surface area contributed by atoms with Crippen LogP contribution in [0.4, 0.5) is 0 Å². The predicted octanol–water partition coefficient (Wildman–Crippen LogP) is -2.02. The van der Waals surface area contributed by atoms with Gasteiger partial charge in [-0.25, -0.2) is 0 Å². The largest absolute Gasteiger partial charge is 0.370 e. The smallest absolute Gasteiger partial charge is 0.231 e. The minimum atomic E-state index is -0.309. The van der Waals surface area contributed by atoms with E-state index in [1.54, 1.807) is 4.90 Å². The molecule has 0 aromatic carbocycles. The molecule has 0 spiro atoms. The number of hydrogen-bond acceptors (Lipinski definition) is 3. The highest BCUT2D eigenvalue weighted by Crippen LogP contribution is 1.99. The number of carbonyl (C=O) groups excluding carboxylic acids is 1. The van der Waals surface area contributed by atoms with Crippen LogP contribution in [0.25, 0.3) is 0 Å². The van der Waals surface area contributed by atoms with Gasteiger partial charge in [-0.2, -0.15) is 0 Å². The van der Waals surface area contributed by atoms with Gasteiger partial charge in [-0.15, -0.1) is 0 Å². The number of carbonyl (C=O) groups is 1. The van der Waals surface area contributed by atoms with E-state index in [-0.39, 0.29) is 11.9 Å². The molecule has 13 heavy (non-hydrogen) atoms. The molecule has 6 nitrogen and oxygen atoms in total. The van der Waals surface area contributed by atoms with Crippen molar-refractivity contribution in [2.24, 2.45) is 11.5 Å². The van der Waals surface area contributed by atoms with E-state index in [9.17, 15) is 4.79 Å². The summed E-state index contributed by atoms with van der Waals surface area (Å²) in [5.74, 6) is -0.213. The average Bonchev–Trinajstić information content (AvgIpc) is 2.04. The summed E-state index contributed by atoms with van der Waals surface area (Å²) in [5, 5.41) is 7.19. The van der Waals surface area contributed by atoms with Crippen molar-refractivity contribution in [3.63, 3.8) is 0 Å². The number of rotatable bonds is 2. The first-order chi connectivity index (χ1) is 6.09. The summed E-state index contributed by atoms with van der Waals surface area (Å²) in [4.78, 5) is 14.3. The van der Waals surface area contributed by atoms with Crippen LogP contribution in [-0.2, 0) is 4.79 Å². The summed E-state index contributed by atoms with van der Waals surface area (Å²) in [6, 6.07) is 0. The van der Waals surface area contributed by atoms with Crippen LogP contribution < -0.4 is 11.5 Å². The lowest BCUT2D eigenvalue weighted by Crippen LogP contribution is -2.52. The lowest BCUT2D eigenvalue weighted by Gasteiger charge is -2.34. The molecule has 0 aromatic heterocycles. The molecule has 1 rings (SSSR count). The zero-order valence-corrected chi connectivity index (χ0v) is 7.49. The Morgan fingerprint density at radius 2 is 1.77 bits per heavy atom. The van der Waals surface area contributed by atoms with Gasteiger partial charge in [0, 0.05) is 26.2 Å². The normalized spacial score (nSPS) is 18.6. The van der Waals surface area contributed by atoms with E-state index in [1.165, 1.54) is 0 Å². The van der Waals surface area contributed by atoms with Crippen molar-refractivity contribution in [2.75, 3.05) is 32.7 Å². The monoisotopic (exact) mass is 185 g/mol. The lowest BCUT2D eigenvalue weighted by molar-refractivity contribution is -0.119. The highest BCUT2D eigenvalue weighted by molar-refractivity contribution is 5.76. The Hall–Kier alpha value is -1.30. The van der Waals surface area contributed by atoms with Gasteiger partial charge in [-0.3, -0.25) is 15.1 Å². The van der Waals surface area contributed by atoms with Gasteiger partial charge in [0.05, 0.1) is 6.54 Å². The summed E-state index contributed by atoms with van der Waals surface area (Å²) >= 11 is 0. The zero-order valence-electron chi connectivity index (χ0n) is 7.49. The fraction of sp³-hybridized carbons (Fsp3) is 0.714. The van der Waals surface area contributed by atoms with Crippen molar-refractivity contribution in [1.82, 2.24) is 9.80 Å². The minimum Gasteiger partial charge on any atom is -0.370 e. The first kappa shape index (κ1) is 9.79. The Morgan fingerprint density at radius 1 is 1.23 bits per heavy atom. The number of hydrogen-bond donors (Lipinski definition) is 3. The van der Waals surface area contributed by atoms with Gasteiger partial charge in [0.2, 0.25) is 5.91 Å². The van der Waals surface area contributed by atoms with E-state index in [0.717, 1.165) is 13.1 Å². The standard InChI is InChI=1S/C7H15N5O/c8-6(13)5-11-1-3-12(4-2-11)7(9)10/h1-5H2,(H2,8,13)(H3,9,10). The molecule has 0 aliphatic carbocycles. The molecule has 5 N–H and O–H groups in total. The number of primary amides is 1. The maximum Gasteiger partial charge on any atom is 0.231 e. The number of nitrogens with one attached hydrogen (secondary N) is 1. The summed E-state index contributed by atoms with van der Waals surface area (Å²) in [6.45, 7) is 3.17. The van der Waals surface area contributed by atoms with E-state index >= 15 is 0 Å². The average molecular weight is 185 g/mol. The second-order valence-electron chi connectivity index (χ2n) is 3.11. The Kier molecular flexibility index (Phi) is 3.07. The Bertz CT molecular complexity index is 209. The van der Waals surface area contributed by atoms with Gasteiger partial charge in [0.15, 0.2) is 5.96 Å². The third-order valence-corrected chi connectivity index (χ3v) is 2.09. The van der Waals surface area contributed by atoms with Crippen LogP contribution in [0, 0.1) is 5.41 Å². The number of amides is 1. The van der Waals surface area contributed by atoms with Crippen LogP contribution in [0.15, 0.2) is 0 Å². The second kappa shape index (κ2) is 4.08. The van der Waals surface area contributed by atoms with Crippen LogP contribution >= 0.6 is 0 Å². The molecule has 0 saturated carbocycles. The molecule has 0 bridgehead atoms. The fourth-order valence-corrected chi connectivity index (χ4v) is 1.37. The van der Waals surface area contributed by atoms with E-state index < -0.39 is 0 Å². The van der Waals surface area contributed by atoms with Crippen molar-refractivity contribution < 1.29 is 4.79 Å². The molecular formula is C7H15N5O. The van der Waals surface area contributed by atoms with E-state index in [0.29, 0.717) is 19.6 Å². The third kappa shape index (κ3) is 2.90. The number of guanidine groups is 1. The van der Waals surface area contributed by atoms with Gasteiger partial charge in [-0.05, 0) is 0 Å². The van der Waals surface area contributed by atoms with Crippen molar-refractivity contribution in [3.05, 3.63) is 0 Å². The molecule has 6 heteroatoms. The van der Waals surface area contributed by atoms with Crippen LogP contribution in [-0.4, -0.2) is 54.4 Å². The summed E-state index contributed by atoms with van der Waals surface area (Å²) < 4.78 is 0. The maximum atomic E-state index is 10.6. The van der Waals surface area contributed by atoms with Crippen LogP contribution in [0.3, 0.4) is 0 Å². The van der Waals surface area contributed by atoms with Crippen molar-refractivity contribution in [2.45, 2.75) is 0 Å². The maximum absolute atomic E-state index is 10.6. The minimum absolute atomic E-state index is 0.0960. The van der Waals surface area contributed by atoms with Gasteiger partial charge in [0.25, 0.3) is 0 Å². The van der Waals surface area contributed by atoms with Crippen molar-refractivity contribution in [1.29, 1.82) is 5.41 Å². The quantitative estimate of drug-likeness (QED) is 0.341. The molecular weight excluding hydrogens is 170 g/mol. The highest BCUT2D eigenvalue weighted by Gasteiger charge is 2.18. The topological polar surface area (TPSA) is 99.4 Å². The zero-order chi connectivity index (χ0) is 9.84. The van der Waals surface area contributed by atoms with Gasteiger partial charge < -0.3 is 16.4 Å². The predicted molar refractivity (Wildman–Crippen MR) is 49.1 cm³/mol. The van der Waals surface area contributed by atoms with Crippen LogP contribution in [0.5, 0.6) is 0 Å². The number of piperazine rings is 1. The van der Waals surface area contributed by atoms with Crippen molar-refractivity contribution in [3.8, 4) is 0 Å². The molecule has 1 heterocycles. The van der Waals surface area contributed by atoms with Gasteiger partial charge >= 0.3 is 0 Å². The number of nitrogens with two attached hydrogens (primary N) is 2. The number of nitrogens with zero attached hydrogens (tertiary/aromatic N) is 2. The fourth-order valence-electron chi connectivity index (χ4n) is 1.37. The molecule has 0 radical (unpaired) electrons. The Labute approximate surface area is 77.0 Å². The summed E-state index contributed by atoms with van der Waals surface area (Å²) in [7, 11) is 0. The highest BCUT2D eigenvalue weighted by atomic mass is 16.1. The van der Waals surface area contributed by atoms with Crippen LogP contribution in [0.1, 0.15) is 0 Å². The van der Waals surface area contributed by atoms with E-state index in [1.807, 2.05) is 4.90 Å². The van der Waals surface area contributed by atoms with Crippen molar-refractivity contribution >= 4 is 11.9 Å². The summed E-state index contributed by atoms with van der Waals surface area (Å²) in [5.41, 5.74) is 10.4. The summed E-state index contributed by atoms with van der Waals surface area (Å²) in [6.07, 6.45) is 0. The molecule has 0 aromatic rings. The van der Waals surface area contributed by atoms with Gasteiger partial charge in [0.1, 0.15) is 0 Å². The molecule has 1 amide bonds. The van der Waals surface area contributed by atoms with E-state index in [2.05, 4.69) is 0 Å². The molecule has 1 aliphatic heterocycles.